The number of aromatic nitrogens is 1. The van der Waals surface area contributed by atoms with E-state index in [0.29, 0.717) is 30.0 Å². The van der Waals surface area contributed by atoms with Crippen molar-refractivity contribution < 1.29 is 0 Å². The van der Waals surface area contributed by atoms with Crippen LogP contribution in [0.4, 0.5) is 0 Å². The van der Waals surface area contributed by atoms with Crippen LogP contribution in [-0.4, -0.2) is 21.6 Å². The summed E-state index contributed by atoms with van der Waals surface area (Å²) in [6, 6.07) is 4.26. The van der Waals surface area contributed by atoms with Crippen molar-refractivity contribution in [2.45, 2.75) is 159 Å². The molecule has 9 aliphatic rings. The molecule has 1 saturated carbocycles. The van der Waals surface area contributed by atoms with E-state index in [1.807, 2.05) is 11.1 Å². The summed E-state index contributed by atoms with van der Waals surface area (Å²) in [5, 5.41) is 9.86. The number of nitriles is 1. The number of nitrogens with zero attached hydrogens (tertiary/aromatic N) is 3. The van der Waals surface area contributed by atoms with E-state index in [2.05, 4.69) is 70.2 Å². The molecular formula is C49H59N3. The first-order chi connectivity index (χ1) is 25.8. The van der Waals surface area contributed by atoms with Gasteiger partial charge in [0, 0.05) is 40.7 Å². The molecule has 10 rings (SSSR count). The molecule has 1 aromatic heterocycles. The van der Waals surface area contributed by atoms with E-state index < -0.39 is 0 Å². The van der Waals surface area contributed by atoms with Crippen molar-refractivity contribution in [2.24, 2.45) is 17.8 Å². The first-order valence-electron chi connectivity index (χ1n) is 21.7. The lowest BCUT2D eigenvalue weighted by molar-refractivity contribution is 0.111. The van der Waals surface area contributed by atoms with Gasteiger partial charge in [0.25, 0.3) is 0 Å². The van der Waals surface area contributed by atoms with E-state index in [1.165, 1.54) is 122 Å². The van der Waals surface area contributed by atoms with Crippen LogP contribution >= 0.6 is 0 Å². The van der Waals surface area contributed by atoms with Crippen LogP contribution in [0.25, 0.3) is 12.2 Å². The maximum Gasteiger partial charge on any atom is 0.0943 e. The molecule has 0 saturated heterocycles. The van der Waals surface area contributed by atoms with Crippen LogP contribution in [0.5, 0.6) is 0 Å². The van der Waals surface area contributed by atoms with Gasteiger partial charge in [-0.05, 0) is 193 Å². The van der Waals surface area contributed by atoms with Crippen LogP contribution in [0, 0.1) is 29.1 Å². The second-order valence-corrected chi connectivity index (χ2v) is 17.8. The maximum atomic E-state index is 9.86. The van der Waals surface area contributed by atoms with Crippen molar-refractivity contribution in [2.75, 3.05) is 0 Å². The van der Waals surface area contributed by atoms with Gasteiger partial charge in [-0.25, -0.2) is 0 Å². The molecule has 270 valence electrons. The monoisotopic (exact) mass is 689 g/mol. The Bertz CT molecular complexity index is 1910. The van der Waals surface area contributed by atoms with Gasteiger partial charge in [-0.3, -0.25) is 0 Å². The lowest BCUT2D eigenvalue weighted by Gasteiger charge is -2.47. The van der Waals surface area contributed by atoms with Crippen molar-refractivity contribution in [1.29, 1.82) is 5.26 Å². The number of allylic oxidation sites excluding steroid dienone is 12. The summed E-state index contributed by atoms with van der Waals surface area (Å²) in [6.45, 7) is 0. The van der Waals surface area contributed by atoms with Crippen LogP contribution in [-0.2, 0) is 12.8 Å². The van der Waals surface area contributed by atoms with Crippen LogP contribution < -0.4 is 0 Å². The Hall–Kier alpha value is -3.51. The van der Waals surface area contributed by atoms with Gasteiger partial charge in [0.2, 0.25) is 0 Å². The molecule has 3 heteroatoms. The largest absolute Gasteiger partial charge is 0.365 e. The highest BCUT2D eigenvalue weighted by molar-refractivity contribution is 5.69. The zero-order valence-electron chi connectivity index (χ0n) is 31.6. The topological polar surface area (TPSA) is 32.0 Å². The van der Waals surface area contributed by atoms with Gasteiger partial charge in [0.15, 0.2) is 0 Å². The van der Waals surface area contributed by atoms with E-state index in [0.717, 1.165) is 30.8 Å². The summed E-state index contributed by atoms with van der Waals surface area (Å²) in [5.41, 5.74) is 17.9. The normalized spacial score (nSPS) is 32.8. The van der Waals surface area contributed by atoms with Gasteiger partial charge in [-0.15, -0.1) is 0 Å². The molecule has 0 amide bonds. The van der Waals surface area contributed by atoms with Gasteiger partial charge in [0.1, 0.15) is 0 Å². The summed E-state index contributed by atoms with van der Waals surface area (Å²) < 4.78 is 2.94. The molecule has 52 heavy (non-hydrogen) atoms. The number of hydrogen-bond donors (Lipinski definition) is 0. The maximum absolute atomic E-state index is 9.86. The molecule has 1 aliphatic heterocycles. The van der Waals surface area contributed by atoms with Crippen molar-refractivity contribution in [1.82, 2.24) is 9.47 Å². The quantitative estimate of drug-likeness (QED) is 0.288. The fourth-order valence-electron chi connectivity index (χ4n) is 12.9. The first kappa shape index (κ1) is 33.1. The summed E-state index contributed by atoms with van der Waals surface area (Å²) in [7, 11) is 0. The molecule has 6 atom stereocenters. The molecule has 2 heterocycles. The Morgan fingerprint density at radius 3 is 2.44 bits per heavy atom. The Kier molecular flexibility index (Phi) is 8.94. The minimum absolute atomic E-state index is 0.503. The average Bonchev–Trinajstić information content (AvgIpc) is 3.74. The minimum atomic E-state index is 0.503. The van der Waals surface area contributed by atoms with Gasteiger partial charge in [0.05, 0.1) is 12.1 Å². The van der Waals surface area contributed by atoms with E-state index in [1.54, 1.807) is 44.9 Å². The summed E-state index contributed by atoms with van der Waals surface area (Å²) in [6.07, 6.45) is 49.9. The second-order valence-electron chi connectivity index (χ2n) is 17.8. The molecule has 1 aromatic rings. The van der Waals surface area contributed by atoms with E-state index in [9.17, 15) is 5.26 Å². The van der Waals surface area contributed by atoms with Gasteiger partial charge >= 0.3 is 0 Å². The number of fused-ring (bicyclic) bond motifs is 5. The Labute approximate surface area is 313 Å². The summed E-state index contributed by atoms with van der Waals surface area (Å²) in [5.74, 6) is 1.89. The van der Waals surface area contributed by atoms with Crippen LogP contribution in [0.15, 0.2) is 81.7 Å². The third-order valence-corrected chi connectivity index (χ3v) is 15.0. The number of hydrogen-bond acceptors (Lipinski definition) is 2. The lowest BCUT2D eigenvalue weighted by Crippen LogP contribution is -2.46. The lowest BCUT2D eigenvalue weighted by atomic mass is 9.69. The van der Waals surface area contributed by atoms with Crippen LogP contribution in [0.2, 0.25) is 0 Å². The first-order valence-corrected chi connectivity index (χ1v) is 21.7. The molecule has 8 aliphatic carbocycles. The predicted octanol–water partition coefficient (Wildman–Crippen LogP) is 12.4. The molecule has 0 bridgehead atoms. The smallest absolute Gasteiger partial charge is 0.0943 e. The van der Waals surface area contributed by atoms with Crippen molar-refractivity contribution in [3.05, 3.63) is 104 Å². The molecule has 0 radical (unpaired) electrons. The second kappa shape index (κ2) is 14.0. The predicted molar refractivity (Wildman–Crippen MR) is 214 cm³/mol. The van der Waals surface area contributed by atoms with E-state index in [-0.39, 0.29) is 0 Å². The third kappa shape index (κ3) is 5.65. The fraction of sp³-hybridized carbons (Fsp3) is 0.571. The Balaban J connectivity index is 1.08. The highest BCUT2D eigenvalue weighted by Gasteiger charge is 2.47. The van der Waals surface area contributed by atoms with Crippen molar-refractivity contribution >= 4 is 12.2 Å². The standard InChI is InChI=1S/C49H59N3/c50-32-33-14-13-15-34(28-33)38-16-1-3-18-40(38)41-19-4-2-17-39(41)35-29-36(51-46-24-9-5-20-42(46)43-21-6-10-25-47(43)51)31-37(30-35)52-48-26-11-7-22-44(48)45-23-8-12-27-49(45)52/h5,10-11,14,16,18,20,25-26,34-37,44,48H,1-4,6-9,12-13,15,17,19,21-24,27-31H2. The van der Waals surface area contributed by atoms with Gasteiger partial charge in [-0.1, -0.05) is 54.2 Å². The Morgan fingerprint density at radius 1 is 0.673 bits per heavy atom. The van der Waals surface area contributed by atoms with Crippen LogP contribution in [0.3, 0.4) is 0 Å². The number of rotatable bonds is 5. The van der Waals surface area contributed by atoms with Crippen molar-refractivity contribution in [3.8, 4) is 6.07 Å². The van der Waals surface area contributed by atoms with Gasteiger partial charge in [-0.2, -0.15) is 5.26 Å². The van der Waals surface area contributed by atoms with Gasteiger partial charge < -0.3 is 9.47 Å². The zero-order chi connectivity index (χ0) is 34.6. The highest BCUT2D eigenvalue weighted by Crippen LogP contribution is 2.53. The minimum Gasteiger partial charge on any atom is -0.365 e. The highest BCUT2D eigenvalue weighted by atomic mass is 15.2. The van der Waals surface area contributed by atoms with Crippen LogP contribution in [0.1, 0.15) is 157 Å². The fourth-order valence-corrected chi connectivity index (χ4v) is 12.9. The zero-order valence-corrected chi connectivity index (χ0v) is 31.6. The summed E-state index contributed by atoms with van der Waals surface area (Å²) in [4.78, 5) is 3.08. The Morgan fingerprint density at radius 2 is 1.50 bits per heavy atom. The van der Waals surface area contributed by atoms with E-state index >= 15 is 0 Å². The molecule has 6 unspecified atom stereocenters. The molecule has 3 nitrogen and oxygen atoms in total. The molecule has 1 fully saturated rings. The molecular weight excluding hydrogens is 631 g/mol. The van der Waals surface area contributed by atoms with E-state index in [4.69, 9.17) is 0 Å². The van der Waals surface area contributed by atoms with Crippen molar-refractivity contribution in [3.63, 3.8) is 0 Å². The molecule has 0 aromatic carbocycles. The SMILES string of the molecule is N#CC1=CCCC(C2=CCCC=C2C2=C(C3CC(N4C5=C(CCCC5)C5CCC=CC54)CC(n4c5c(c6c4CCC=C6)CCC=C5)C3)CCCC2)C1. The molecule has 0 N–H and O–H groups in total. The average molecular weight is 690 g/mol. The summed E-state index contributed by atoms with van der Waals surface area (Å²) >= 11 is 0. The molecule has 0 spiro atoms. The third-order valence-electron chi connectivity index (χ3n) is 15.0.